The fraction of sp³-hybridized carbons (Fsp3) is 0.136. The number of rotatable bonds is 8. The number of hydrogen-bond acceptors (Lipinski definition) is 4. The van der Waals surface area contributed by atoms with Crippen LogP contribution in [0.1, 0.15) is 11.1 Å². The van der Waals surface area contributed by atoms with Crippen LogP contribution in [0.3, 0.4) is 0 Å². The molecule has 0 aliphatic heterocycles. The monoisotopic (exact) mass is 346 g/mol. The molecule has 0 amide bonds. The smallest absolute Gasteiger partial charge is 0.161 e. The van der Waals surface area contributed by atoms with Gasteiger partial charge in [-0.15, -0.1) is 0 Å². The van der Waals surface area contributed by atoms with Gasteiger partial charge >= 0.3 is 0 Å². The van der Waals surface area contributed by atoms with Crippen LogP contribution < -0.4 is 14.9 Å². The normalized spacial score (nSPS) is 10.7. The molecule has 132 valence electrons. The summed E-state index contributed by atoms with van der Waals surface area (Å²) < 4.78 is 11.3. The molecule has 0 fully saturated rings. The van der Waals surface area contributed by atoms with Gasteiger partial charge in [-0.25, -0.2) is 0 Å². The Kier molecular flexibility index (Phi) is 6.26. The lowest BCUT2D eigenvalue weighted by Crippen LogP contribution is -2.03. The molecule has 0 aromatic heterocycles. The topological polar surface area (TPSA) is 42.8 Å². The molecule has 0 heterocycles. The molecule has 0 bridgehead atoms. The van der Waals surface area contributed by atoms with E-state index >= 15 is 0 Å². The van der Waals surface area contributed by atoms with Crippen LogP contribution in [-0.4, -0.2) is 19.9 Å². The maximum atomic E-state index is 5.88. The summed E-state index contributed by atoms with van der Waals surface area (Å²) in [4.78, 5) is 0. The molecule has 1 N–H and O–H groups in total. The molecule has 4 heteroatoms. The number of hydrogen-bond donors (Lipinski definition) is 1. The maximum Gasteiger partial charge on any atom is 0.161 e. The SMILES string of the molecule is COc1cc(/C=N/Nc2ccccc2)ccc1OCCc1ccccc1. The Bertz CT molecular complexity index is 833. The molecular formula is C22H22N2O2. The Morgan fingerprint density at radius 1 is 0.885 bits per heavy atom. The second-order valence-corrected chi connectivity index (χ2v) is 5.73. The van der Waals surface area contributed by atoms with Gasteiger partial charge in [0.25, 0.3) is 0 Å². The van der Waals surface area contributed by atoms with Crippen molar-refractivity contribution in [1.82, 2.24) is 0 Å². The van der Waals surface area contributed by atoms with Crippen molar-refractivity contribution in [3.8, 4) is 11.5 Å². The third kappa shape index (κ3) is 5.11. The number of anilines is 1. The molecule has 3 aromatic rings. The Morgan fingerprint density at radius 2 is 1.62 bits per heavy atom. The molecule has 0 aliphatic rings. The maximum absolute atomic E-state index is 5.88. The van der Waals surface area contributed by atoms with E-state index < -0.39 is 0 Å². The Balaban J connectivity index is 1.58. The summed E-state index contributed by atoms with van der Waals surface area (Å²) in [5.41, 5.74) is 6.12. The first kappa shape index (κ1) is 17.5. The number of methoxy groups -OCH3 is 1. The number of para-hydroxylation sites is 1. The van der Waals surface area contributed by atoms with E-state index in [1.54, 1.807) is 13.3 Å². The first-order valence-corrected chi connectivity index (χ1v) is 8.54. The molecule has 0 aliphatic carbocycles. The van der Waals surface area contributed by atoms with E-state index in [0.29, 0.717) is 12.4 Å². The van der Waals surface area contributed by atoms with Gasteiger partial charge in [0.15, 0.2) is 11.5 Å². The first-order chi connectivity index (χ1) is 12.8. The molecule has 0 saturated carbocycles. The molecular weight excluding hydrogens is 324 g/mol. The average molecular weight is 346 g/mol. The van der Waals surface area contributed by atoms with Gasteiger partial charge in [-0.2, -0.15) is 5.10 Å². The fourth-order valence-electron chi connectivity index (χ4n) is 2.50. The second kappa shape index (κ2) is 9.28. The predicted octanol–water partition coefficient (Wildman–Crippen LogP) is 4.76. The minimum Gasteiger partial charge on any atom is -0.493 e. The number of hydrazone groups is 1. The predicted molar refractivity (Wildman–Crippen MR) is 106 cm³/mol. The van der Waals surface area contributed by atoms with Crippen molar-refractivity contribution < 1.29 is 9.47 Å². The van der Waals surface area contributed by atoms with E-state index in [0.717, 1.165) is 23.4 Å². The second-order valence-electron chi connectivity index (χ2n) is 5.73. The van der Waals surface area contributed by atoms with Crippen LogP contribution in [0.2, 0.25) is 0 Å². The van der Waals surface area contributed by atoms with Gasteiger partial charge in [-0.1, -0.05) is 48.5 Å². The van der Waals surface area contributed by atoms with E-state index in [2.05, 4.69) is 22.7 Å². The van der Waals surface area contributed by atoms with Crippen LogP contribution in [0, 0.1) is 0 Å². The summed E-state index contributed by atoms with van der Waals surface area (Å²) in [6, 6.07) is 25.9. The van der Waals surface area contributed by atoms with Gasteiger partial charge in [0.2, 0.25) is 0 Å². The molecule has 0 radical (unpaired) electrons. The van der Waals surface area contributed by atoms with Crippen molar-refractivity contribution in [2.75, 3.05) is 19.1 Å². The lowest BCUT2D eigenvalue weighted by Gasteiger charge is -2.11. The van der Waals surface area contributed by atoms with E-state index in [-0.39, 0.29) is 0 Å². The van der Waals surface area contributed by atoms with E-state index in [4.69, 9.17) is 9.47 Å². The standard InChI is InChI=1S/C22H22N2O2/c1-25-22-16-19(17-23-24-20-10-6-3-7-11-20)12-13-21(22)26-15-14-18-8-4-2-5-9-18/h2-13,16-17,24H,14-15H2,1H3/b23-17+. The van der Waals surface area contributed by atoms with Crippen molar-refractivity contribution in [3.05, 3.63) is 90.0 Å². The van der Waals surface area contributed by atoms with Crippen molar-refractivity contribution >= 4 is 11.9 Å². The zero-order valence-electron chi connectivity index (χ0n) is 14.8. The molecule has 0 unspecified atom stereocenters. The number of benzene rings is 3. The summed E-state index contributed by atoms with van der Waals surface area (Å²) in [5.74, 6) is 1.43. The van der Waals surface area contributed by atoms with Crippen molar-refractivity contribution in [1.29, 1.82) is 0 Å². The van der Waals surface area contributed by atoms with Crippen LogP contribution in [0.25, 0.3) is 0 Å². The van der Waals surface area contributed by atoms with Gasteiger partial charge in [0.1, 0.15) is 0 Å². The van der Waals surface area contributed by atoms with Gasteiger partial charge in [-0.05, 0) is 41.5 Å². The number of ether oxygens (including phenoxy) is 2. The molecule has 0 saturated heterocycles. The lowest BCUT2D eigenvalue weighted by atomic mass is 10.2. The van der Waals surface area contributed by atoms with Gasteiger partial charge < -0.3 is 9.47 Å². The highest BCUT2D eigenvalue weighted by molar-refractivity contribution is 5.81. The average Bonchev–Trinajstić information content (AvgIpc) is 2.70. The lowest BCUT2D eigenvalue weighted by molar-refractivity contribution is 0.297. The third-order valence-corrected chi connectivity index (χ3v) is 3.86. The first-order valence-electron chi connectivity index (χ1n) is 8.54. The minimum absolute atomic E-state index is 0.601. The summed E-state index contributed by atoms with van der Waals surface area (Å²) in [5, 5.41) is 4.25. The Hall–Kier alpha value is -3.27. The third-order valence-electron chi connectivity index (χ3n) is 3.86. The zero-order valence-corrected chi connectivity index (χ0v) is 14.8. The quantitative estimate of drug-likeness (QED) is 0.472. The van der Waals surface area contributed by atoms with Crippen LogP contribution >= 0.6 is 0 Å². The molecule has 26 heavy (non-hydrogen) atoms. The van der Waals surface area contributed by atoms with Crippen LogP contribution in [-0.2, 0) is 6.42 Å². The summed E-state index contributed by atoms with van der Waals surface area (Å²) in [6.45, 7) is 0.601. The molecule has 3 rings (SSSR count). The van der Waals surface area contributed by atoms with Crippen molar-refractivity contribution in [2.24, 2.45) is 5.10 Å². The summed E-state index contributed by atoms with van der Waals surface area (Å²) in [7, 11) is 1.64. The minimum atomic E-state index is 0.601. The van der Waals surface area contributed by atoms with Crippen molar-refractivity contribution in [3.63, 3.8) is 0 Å². The highest BCUT2D eigenvalue weighted by Gasteiger charge is 2.05. The Labute approximate surface area is 154 Å². The van der Waals surface area contributed by atoms with Gasteiger partial charge in [0, 0.05) is 6.42 Å². The largest absolute Gasteiger partial charge is 0.493 e. The zero-order chi connectivity index (χ0) is 18.0. The molecule has 0 spiro atoms. The molecule has 0 atom stereocenters. The Morgan fingerprint density at radius 3 is 2.35 bits per heavy atom. The van der Waals surface area contributed by atoms with Crippen LogP contribution in [0.5, 0.6) is 11.5 Å². The summed E-state index contributed by atoms with van der Waals surface area (Å²) >= 11 is 0. The summed E-state index contributed by atoms with van der Waals surface area (Å²) in [6.07, 6.45) is 2.61. The highest BCUT2D eigenvalue weighted by Crippen LogP contribution is 2.27. The van der Waals surface area contributed by atoms with Crippen LogP contribution in [0.15, 0.2) is 84.0 Å². The fourth-order valence-corrected chi connectivity index (χ4v) is 2.50. The number of nitrogens with one attached hydrogen (secondary N) is 1. The highest BCUT2D eigenvalue weighted by atomic mass is 16.5. The van der Waals surface area contributed by atoms with E-state index in [1.807, 2.05) is 66.7 Å². The van der Waals surface area contributed by atoms with Gasteiger partial charge in [0.05, 0.1) is 25.6 Å². The number of nitrogens with zero attached hydrogens (tertiary/aromatic N) is 1. The molecule has 3 aromatic carbocycles. The van der Waals surface area contributed by atoms with Gasteiger partial charge in [-0.3, -0.25) is 5.43 Å². The van der Waals surface area contributed by atoms with Crippen molar-refractivity contribution in [2.45, 2.75) is 6.42 Å². The van der Waals surface area contributed by atoms with Crippen LogP contribution in [0.4, 0.5) is 5.69 Å². The van der Waals surface area contributed by atoms with E-state index in [9.17, 15) is 0 Å². The molecule has 4 nitrogen and oxygen atoms in total. The van der Waals surface area contributed by atoms with E-state index in [1.165, 1.54) is 5.56 Å².